The van der Waals surface area contributed by atoms with Gasteiger partial charge in [-0.05, 0) is 23.8 Å². The summed E-state index contributed by atoms with van der Waals surface area (Å²) in [5.41, 5.74) is 2.07. The summed E-state index contributed by atoms with van der Waals surface area (Å²) in [5, 5.41) is 2.81. The Balaban J connectivity index is 1.71. The van der Waals surface area contributed by atoms with Crippen molar-refractivity contribution in [2.45, 2.75) is 18.0 Å². The van der Waals surface area contributed by atoms with Crippen molar-refractivity contribution in [1.29, 1.82) is 0 Å². The zero-order valence-electron chi connectivity index (χ0n) is 14.5. The van der Waals surface area contributed by atoms with Crippen molar-refractivity contribution >= 4 is 15.9 Å². The molecule has 2 aromatic heterocycles. The minimum absolute atomic E-state index is 0.0483. The van der Waals surface area contributed by atoms with E-state index in [1.165, 1.54) is 17.7 Å². The summed E-state index contributed by atoms with van der Waals surface area (Å²) in [6, 6.07) is 10.3. The van der Waals surface area contributed by atoms with Crippen molar-refractivity contribution < 1.29 is 13.2 Å². The summed E-state index contributed by atoms with van der Waals surface area (Å²) < 4.78 is 28.4. The van der Waals surface area contributed by atoms with Crippen LogP contribution in [0.1, 0.15) is 21.7 Å². The molecule has 1 amide bonds. The fourth-order valence-corrected chi connectivity index (χ4v) is 4.34. The molecular weight excluding hydrogens is 366 g/mol. The van der Waals surface area contributed by atoms with Crippen LogP contribution in [-0.4, -0.2) is 40.2 Å². The third kappa shape index (κ3) is 3.00. The number of carbonyl (C=O) groups excluding carboxylic acids is 1. The highest BCUT2D eigenvalue weighted by atomic mass is 32.2. The Kier molecular flexibility index (Phi) is 4.25. The molecule has 0 radical (unpaired) electrons. The highest BCUT2D eigenvalue weighted by molar-refractivity contribution is 7.89. The van der Waals surface area contributed by atoms with Crippen molar-refractivity contribution in [3.8, 4) is 5.69 Å². The van der Waals surface area contributed by atoms with E-state index in [2.05, 4.69) is 15.3 Å². The third-order valence-corrected chi connectivity index (χ3v) is 6.29. The van der Waals surface area contributed by atoms with Crippen LogP contribution in [0.3, 0.4) is 0 Å². The van der Waals surface area contributed by atoms with Gasteiger partial charge in [-0.25, -0.2) is 13.4 Å². The van der Waals surface area contributed by atoms with Gasteiger partial charge in [-0.15, -0.1) is 0 Å². The molecule has 4 rings (SSSR count). The Morgan fingerprint density at radius 3 is 2.81 bits per heavy atom. The molecule has 138 valence electrons. The van der Waals surface area contributed by atoms with Crippen LogP contribution >= 0.6 is 0 Å². The SMILES string of the molecule is CN1Cc2c(C(=O)NCc3cccnc3)ncn2-c2ccccc2S1(=O)=O. The van der Waals surface area contributed by atoms with Crippen LogP contribution in [0.2, 0.25) is 0 Å². The van der Waals surface area contributed by atoms with E-state index in [9.17, 15) is 13.2 Å². The van der Waals surface area contributed by atoms with Gasteiger partial charge in [-0.2, -0.15) is 4.31 Å². The number of aromatic nitrogens is 3. The summed E-state index contributed by atoms with van der Waals surface area (Å²) in [5.74, 6) is -0.363. The van der Waals surface area contributed by atoms with Crippen molar-refractivity contribution in [2.75, 3.05) is 7.05 Å². The van der Waals surface area contributed by atoms with Crippen LogP contribution in [0, 0.1) is 0 Å². The highest BCUT2D eigenvalue weighted by Crippen LogP contribution is 2.30. The van der Waals surface area contributed by atoms with Gasteiger partial charge < -0.3 is 5.32 Å². The summed E-state index contributed by atoms with van der Waals surface area (Å²) in [6.45, 7) is 0.357. The highest BCUT2D eigenvalue weighted by Gasteiger charge is 2.32. The zero-order chi connectivity index (χ0) is 19.0. The number of sulfonamides is 1. The number of benzene rings is 1. The molecule has 1 aromatic carbocycles. The third-order valence-electron chi connectivity index (χ3n) is 4.44. The molecule has 1 aliphatic rings. The predicted octanol–water partition coefficient (Wildman–Crippen LogP) is 1.33. The van der Waals surface area contributed by atoms with Gasteiger partial charge in [0.05, 0.1) is 17.9 Å². The number of rotatable bonds is 3. The zero-order valence-corrected chi connectivity index (χ0v) is 15.3. The number of imidazole rings is 1. The van der Waals surface area contributed by atoms with Crippen molar-refractivity contribution in [3.63, 3.8) is 0 Å². The lowest BCUT2D eigenvalue weighted by Gasteiger charge is -2.14. The molecule has 1 N–H and O–H groups in total. The van der Waals surface area contributed by atoms with E-state index in [-0.39, 0.29) is 23.0 Å². The Morgan fingerprint density at radius 1 is 1.22 bits per heavy atom. The number of nitrogens with zero attached hydrogens (tertiary/aromatic N) is 4. The first-order valence-corrected chi connectivity index (χ1v) is 9.71. The monoisotopic (exact) mass is 383 g/mol. The van der Waals surface area contributed by atoms with Crippen LogP contribution in [0.5, 0.6) is 0 Å². The number of hydrogen-bond donors (Lipinski definition) is 1. The molecule has 0 bridgehead atoms. The normalized spacial score (nSPS) is 15.4. The van der Waals surface area contributed by atoms with Gasteiger partial charge in [0.25, 0.3) is 5.91 Å². The topological polar surface area (TPSA) is 97.2 Å². The van der Waals surface area contributed by atoms with E-state index in [1.54, 1.807) is 47.3 Å². The van der Waals surface area contributed by atoms with Crippen LogP contribution in [0.4, 0.5) is 0 Å². The average molecular weight is 383 g/mol. The molecule has 27 heavy (non-hydrogen) atoms. The number of para-hydroxylation sites is 1. The van der Waals surface area contributed by atoms with Gasteiger partial charge >= 0.3 is 0 Å². The maximum atomic E-state index is 12.8. The van der Waals surface area contributed by atoms with E-state index < -0.39 is 10.0 Å². The second-order valence-electron chi connectivity index (χ2n) is 6.18. The summed E-state index contributed by atoms with van der Waals surface area (Å²) in [7, 11) is -2.16. The van der Waals surface area contributed by atoms with Gasteiger partial charge in [0.1, 0.15) is 11.2 Å². The van der Waals surface area contributed by atoms with E-state index in [0.29, 0.717) is 17.9 Å². The lowest BCUT2D eigenvalue weighted by Crippen LogP contribution is -2.28. The number of carbonyl (C=O) groups is 1. The fraction of sp³-hybridized carbons (Fsp3) is 0.167. The predicted molar refractivity (Wildman–Crippen MR) is 97.6 cm³/mol. The van der Waals surface area contributed by atoms with Crippen LogP contribution < -0.4 is 5.32 Å². The standard InChI is InChI=1S/C18H17N5O3S/c1-22-11-15-17(18(24)20-10-13-5-4-8-19-9-13)21-12-23(15)14-6-2-3-7-16(14)27(22,25)26/h2-9,12H,10-11H2,1H3,(H,20,24). The first-order valence-electron chi connectivity index (χ1n) is 8.27. The molecule has 0 unspecified atom stereocenters. The lowest BCUT2D eigenvalue weighted by atomic mass is 10.2. The molecule has 8 nitrogen and oxygen atoms in total. The maximum Gasteiger partial charge on any atom is 0.272 e. The van der Waals surface area contributed by atoms with Crippen molar-refractivity contribution in [1.82, 2.24) is 24.2 Å². The Hall–Kier alpha value is -3.04. The maximum absolute atomic E-state index is 12.8. The average Bonchev–Trinajstić information content (AvgIpc) is 3.07. The molecule has 0 saturated carbocycles. The van der Waals surface area contributed by atoms with Gasteiger partial charge in [-0.1, -0.05) is 18.2 Å². The van der Waals surface area contributed by atoms with E-state index >= 15 is 0 Å². The fourth-order valence-electron chi connectivity index (χ4n) is 3.03. The molecule has 0 aliphatic carbocycles. The van der Waals surface area contributed by atoms with E-state index in [0.717, 1.165) is 5.56 Å². The second-order valence-corrected chi connectivity index (χ2v) is 8.20. The Morgan fingerprint density at radius 2 is 2.04 bits per heavy atom. The van der Waals surface area contributed by atoms with Crippen molar-refractivity contribution in [3.05, 3.63) is 72.1 Å². The minimum atomic E-state index is -3.65. The van der Waals surface area contributed by atoms with E-state index in [1.807, 2.05) is 6.07 Å². The first kappa shape index (κ1) is 17.4. The quantitative estimate of drug-likeness (QED) is 0.736. The Labute approximate surface area is 156 Å². The largest absolute Gasteiger partial charge is 0.347 e. The van der Waals surface area contributed by atoms with Gasteiger partial charge in [0.2, 0.25) is 10.0 Å². The minimum Gasteiger partial charge on any atom is -0.347 e. The van der Waals surface area contributed by atoms with Gasteiger partial charge in [-0.3, -0.25) is 14.3 Å². The number of nitrogens with one attached hydrogen (secondary N) is 1. The summed E-state index contributed by atoms with van der Waals surface area (Å²) in [6.07, 6.45) is 4.82. The summed E-state index contributed by atoms with van der Waals surface area (Å²) in [4.78, 5) is 21.1. The number of pyridine rings is 1. The summed E-state index contributed by atoms with van der Waals surface area (Å²) >= 11 is 0. The molecule has 9 heteroatoms. The number of fused-ring (bicyclic) bond motifs is 3. The van der Waals surface area contributed by atoms with Crippen LogP contribution in [0.25, 0.3) is 5.69 Å². The molecule has 0 spiro atoms. The van der Waals surface area contributed by atoms with Gasteiger partial charge in [0.15, 0.2) is 5.69 Å². The molecule has 0 fully saturated rings. The molecule has 0 saturated heterocycles. The van der Waals surface area contributed by atoms with Crippen LogP contribution in [-0.2, 0) is 23.1 Å². The number of amides is 1. The lowest BCUT2D eigenvalue weighted by molar-refractivity contribution is 0.0944. The van der Waals surface area contributed by atoms with Crippen LogP contribution in [0.15, 0.2) is 60.0 Å². The van der Waals surface area contributed by atoms with E-state index in [4.69, 9.17) is 0 Å². The number of hydrogen-bond acceptors (Lipinski definition) is 5. The molecule has 3 heterocycles. The van der Waals surface area contributed by atoms with Crippen molar-refractivity contribution in [2.24, 2.45) is 0 Å². The van der Waals surface area contributed by atoms with Gasteiger partial charge in [0, 0.05) is 26.0 Å². The Bertz CT molecular complexity index is 1110. The molecule has 0 atom stereocenters. The molecular formula is C18H17N5O3S. The molecule has 1 aliphatic heterocycles. The molecule has 3 aromatic rings. The first-order chi connectivity index (χ1) is 13.0. The smallest absolute Gasteiger partial charge is 0.272 e. The second kappa shape index (κ2) is 6.60.